The molecule has 0 aliphatic carbocycles. The van der Waals surface area contributed by atoms with Crippen LogP contribution in [0.15, 0.2) is 53.1 Å². The number of carbonyl (C=O) groups excluding carboxylic acids is 2. The number of esters is 1. The third kappa shape index (κ3) is 5.17. The average molecular weight is 401 g/mol. The van der Waals surface area contributed by atoms with Crippen molar-refractivity contribution in [2.24, 2.45) is 0 Å². The van der Waals surface area contributed by atoms with Crippen LogP contribution in [-0.2, 0) is 16.1 Å². The molecule has 0 fully saturated rings. The molecule has 144 valence electrons. The molecule has 0 aliphatic heterocycles. The zero-order valence-corrected chi connectivity index (χ0v) is 15.8. The Morgan fingerprint density at radius 3 is 2.64 bits per heavy atom. The van der Waals surface area contributed by atoms with E-state index in [0.717, 1.165) is 0 Å². The Morgan fingerprint density at radius 1 is 1.14 bits per heavy atom. The van der Waals surface area contributed by atoms with Gasteiger partial charge in [0.2, 0.25) is 5.82 Å². The van der Waals surface area contributed by atoms with E-state index >= 15 is 0 Å². The first-order chi connectivity index (χ1) is 13.5. The number of rotatable bonds is 8. The van der Waals surface area contributed by atoms with Crippen molar-refractivity contribution in [3.8, 4) is 17.1 Å². The van der Waals surface area contributed by atoms with Crippen molar-refractivity contribution in [3.05, 3.63) is 65.0 Å². The van der Waals surface area contributed by atoms with Crippen molar-refractivity contribution < 1.29 is 23.6 Å². The summed E-state index contributed by atoms with van der Waals surface area (Å²) in [5, 5.41) is 4.39. The number of hydrogen-bond donors (Lipinski definition) is 0. The molecule has 0 unspecified atom stereocenters. The number of halogens is 1. The molecule has 0 amide bonds. The van der Waals surface area contributed by atoms with Crippen molar-refractivity contribution in [1.82, 2.24) is 10.1 Å². The van der Waals surface area contributed by atoms with E-state index < -0.39 is 5.97 Å². The molecule has 0 saturated heterocycles. The van der Waals surface area contributed by atoms with Crippen LogP contribution in [0.25, 0.3) is 11.4 Å². The number of benzene rings is 2. The Morgan fingerprint density at radius 2 is 1.93 bits per heavy atom. The van der Waals surface area contributed by atoms with Crippen LogP contribution in [-0.4, -0.2) is 28.5 Å². The summed E-state index contributed by atoms with van der Waals surface area (Å²) in [4.78, 5) is 27.6. The molecule has 0 spiro atoms. The van der Waals surface area contributed by atoms with E-state index in [0.29, 0.717) is 34.1 Å². The number of ketones is 1. The van der Waals surface area contributed by atoms with Gasteiger partial charge in [-0.1, -0.05) is 35.8 Å². The van der Waals surface area contributed by atoms with Gasteiger partial charge >= 0.3 is 5.97 Å². The number of hydrogen-bond acceptors (Lipinski definition) is 7. The van der Waals surface area contributed by atoms with Crippen LogP contribution in [0.4, 0.5) is 0 Å². The van der Waals surface area contributed by atoms with Crippen LogP contribution in [0.5, 0.6) is 5.75 Å². The van der Waals surface area contributed by atoms with E-state index in [1.807, 2.05) is 0 Å². The van der Waals surface area contributed by atoms with E-state index in [4.69, 9.17) is 25.6 Å². The van der Waals surface area contributed by atoms with Gasteiger partial charge in [-0.3, -0.25) is 4.79 Å². The fourth-order valence-electron chi connectivity index (χ4n) is 2.33. The van der Waals surface area contributed by atoms with Crippen molar-refractivity contribution >= 4 is 23.4 Å². The van der Waals surface area contributed by atoms with Crippen molar-refractivity contribution in [2.75, 3.05) is 6.61 Å². The molecule has 0 bridgehead atoms. The molecule has 0 radical (unpaired) electrons. The van der Waals surface area contributed by atoms with E-state index in [9.17, 15) is 9.59 Å². The van der Waals surface area contributed by atoms with Crippen LogP contribution in [0, 0.1) is 0 Å². The zero-order chi connectivity index (χ0) is 19.9. The molecule has 1 aromatic heterocycles. The molecule has 0 N–H and O–H groups in total. The van der Waals surface area contributed by atoms with E-state index in [1.54, 1.807) is 55.5 Å². The van der Waals surface area contributed by atoms with Crippen LogP contribution in [0.3, 0.4) is 0 Å². The molecular formula is C20H17ClN2O5. The van der Waals surface area contributed by atoms with Crippen LogP contribution in [0.1, 0.15) is 29.6 Å². The first kappa shape index (κ1) is 19.6. The minimum Gasteiger partial charge on any atom is -0.482 e. The predicted molar refractivity (Wildman–Crippen MR) is 101 cm³/mol. The standard InChI is InChI=1S/C20H17ClN2O5/c1-2-17(24)13-6-8-16(9-7-13)26-12-19(25)27-11-18-22-20(23-28-18)14-4-3-5-15(21)10-14/h3-10H,2,11-12H2,1H3. The molecule has 0 aliphatic rings. The lowest BCUT2D eigenvalue weighted by atomic mass is 10.1. The van der Waals surface area contributed by atoms with Crippen LogP contribution < -0.4 is 4.74 Å². The summed E-state index contributed by atoms with van der Waals surface area (Å²) in [6.07, 6.45) is 0.432. The third-order valence-electron chi connectivity index (χ3n) is 3.76. The lowest BCUT2D eigenvalue weighted by Gasteiger charge is -2.06. The summed E-state index contributed by atoms with van der Waals surface area (Å²) < 4.78 is 15.5. The number of carbonyl (C=O) groups is 2. The van der Waals surface area contributed by atoms with Gasteiger partial charge < -0.3 is 14.0 Å². The minimum absolute atomic E-state index is 0.0441. The molecule has 1 heterocycles. The molecular weight excluding hydrogens is 384 g/mol. The third-order valence-corrected chi connectivity index (χ3v) is 4.00. The van der Waals surface area contributed by atoms with Gasteiger partial charge in [-0.15, -0.1) is 0 Å². The highest BCUT2D eigenvalue weighted by atomic mass is 35.5. The van der Waals surface area contributed by atoms with Crippen molar-refractivity contribution in [2.45, 2.75) is 20.0 Å². The minimum atomic E-state index is -0.587. The van der Waals surface area contributed by atoms with Gasteiger partial charge in [0.1, 0.15) is 5.75 Å². The van der Waals surface area contributed by atoms with Gasteiger partial charge in [-0.25, -0.2) is 4.79 Å². The van der Waals surface area contributed by atoms with E-state index in [-0.39, 0.29) is 24.9 Å². The monoisotopic (exact) mass is 400 g/mol. The maximum Gasteiger partial charge on any atom is 0.344 e. The first-order valence-electron chi connectivity index (χ1n) is 8.55. The summed E-state index contributed by atoms with van der Waals surface area (Å²) in [6, 6.07) is 13.6. The zero-order valence-electron chi connectivity index (χ0n) is 15.1. The summed E-state index contributed by atoms with van der Waals surface area (Å²) in [5.41, 5.74) is 1.30. The molecule has 7 nitrogen and oxygen atoms in total. The Hall–Kier alpha value is -3.19. The van der Waals surface area contributed by atoms with Crippen LogP contribution >= 0.6 is 11.6 Å². The lowest BCUT2D eigenvalue weighted by Crippen LogP contribution is -2.14. The summed E-state index contributed by atoms with van der Waals surface area (Å²) in [5.74, 6) is 0.432. The highest BCUT2D eigenvalue weighted by molar-refractivity contribution is 6.30. The molecule has 3 aromatic rings. The number of nitrogens with zero attached hydrogens (tertiary/aromatic N) is 2. The quantitative estimate of drug-likeness (QED) is 0.415. The fourth-order valence-corrected chi connectivity index (χ4v) is 2.52. The normalized spacial score (nSPS) is 10.5. The largest absolute Gasteiger partial charge is 0.482 e. The van der Waals surface area contributed by atoms with Crippen molar-refractivity contribution in [1.29, 1.82) is 0 Å². The number of aromatic nitrogens is 2. The fraction of sp³-hybridized carbons (Fsp3) is 0.200. The van der Waals surface area contributed by atoms with E-state index in [1.165, 1.54) is 0 Å². The second kappa shape index (κ2) is 9.14. The van der Waals surface area contributed by atoms with Gasteiger partial charge in [-0.05, 0) is 36.4 Å². The van der Waals surface area contributed by atoms with Crippen LogP contribution in [0.2, 0.25) is 5.02 Å². The summed E-state index contributed by atoms with van der Waals surface area (Å²) in [6.45, 7) is 1.35. The van der Waals surface area contributed by atoms with Gasteiger partial charge in [0, 0.05) is 22.6 Å². The maximum atomic E-state index is 11.8. The second-order valence-corrected chi connectivity index (χ2v) is 6.21. The predicted octanol–water partition coefficient (Wildman–Crippen LogP) is 4.10. The Balaban J connectivity index is 1.48. The number of ether oxygens (including phenoxy) is 2. The van der Waals surface area contributed by atoms with Gasteiger partial charge in [0.25, 0.3) is 5.89 Å². The highest BCUT2D eigenvalue weighted by Gasteiger charge is 2.12. The topological polar surface area (TPSA) is 91.5 Å². The molecule has 8 heteroatoms. The molecule has 3 rings (SSSR count). The Kier molecular flexibility index (Phi) is 6.39. The SMILES string of the molecule is CCC(=O)c1ccc(OCC(=O)OCc2nc(-c3cccc(Cl)c3)no2)cc1. The number of Topliss-reactive ketones (excluding diaryl/α,β-unsaturated/α-hetero) is 1. The summed E-state index contributed by atoms with van der Waals surface area (Å²) >= 11 is 5.93. The lowest BCUT2D eigenvalue weighted by molar-refractivity contribution is -0.148. The second-order valence-electron chi connectivity index (χ2n) is 5.77. The maximum absolute atomic E-state index is 11.8. The smallest absolute Gasteiger partial charge is 0.344 e. The van der Waals surface area contributed by atoms with Gasteiger partial charge in [0.15, 0.2) is 19.0 Å². The molecule has 2 aromatic carbocycles. The van der Waals surface area contributed by atoms with Crippen molar-refractivity contribution in [3.63, 3.8) is 0 Å². The average Bonchev–Trinajstić information content (AvgIpc) is 3.19. The Bertz CT molecular complexity index is 969. The Labute approximate surface area is 166 Å². The highest BCUT2D eigenvalue weighted by Crippen LogP contribution is 2.20. The summed E-state index contributed by atoms with van der Waals surface area (Å²) in [7, 11) is 0. The molecule has 0 atom stereocenters. The van der Waals surface area contributed by atoms with Gasteiger partial charge in [0.05, 0.1) is 0 Å². The van der Waals surface area contributed by atoms with Gasteiger partial charge in [-0.2, -0.15) is 4.98 Å². The first-order valence-corrected chi connectivity index (χ1v) is 8.93. The molecule has 0 saturated carbocycles. The molecule has 28 heavy (non-hydrogen) atoms. The van der Waals surface area contributed by atoms with E-state index in [2.05, 4.69) is 10.1 Å².